The van der Waals surface area contributed by atoms with Gasteiger partial charge < -0.3 is 5.32 Å². The fourth-order valence-electron chi connectivity index (χ4n) is 1.82. The van der Waals surface area contributed by atoms with Gasteiger partial charge in [-0.05, 0) is 31.2 Å². The van der Waals surface area contributed by atoms with Crippen molar-refractivity contribution in [3.05, 3.63) is 54.1 Å². The van der Waals surface area contributed by atoms with Gasteiger partial charge in [-0.2, -0.15) is 0 Å². The van der Waals surface area contributed by atoms with Gasteiger partial charge in [0.1, 0.15) is 22.2 Å². The van der Waals surface area contributed by atoms with Crippen LogP contribution in [0, 0.1) is 11.6 Å². The Hall–Kier alpha value is -2.15. The molecule has 0 aliphatic heterocycles. The lowest BCUT2D eigenvalue weighted by Gasteiger charge is -2.13. The lowest BCUT2D eigenvalue weighted by Crippen LogP contribution is -2.17. The van der Waals surface area contributed by atoms with Crippen molar-refractivity contribution in [2.45, 2.75) is 11.8 Å². The average molecular weight is 312 g/mol. The zero-order chi connectivity index (χ0) is 15.5. The van der Waals surface area contributed by atoms with Crippen molar-refractivity contribution >= 4 is 21.4 Å². The molecule has 0 radical (unpaired) electrons. The number of sulfonamides is 1. The van der Waals surface area contributed by atoms with Gasteiger partial charge in [0, 0.05) is 6.54 Å². The third-order valence-electron chi connectivity index (χ3n) is 2.74. The van der Waals surface area contributed by atoms with E-state index < -0.39 is 27.3 Å². The number of para-hydroxylation sites is 2. The first-order valence-electron chi connectivity index (χ1n) is 6.25. The second kappa shape index (κ2) is 6.09. The van der Waals surface area contributed by atoms with Crippen LogP contribution >= 0.6 is 0 Å². The second-order valence-electron chi connectivity index (χ2n) is 4.23. The Kier molecular flexibility index (Phi) is 4.42. The molecular weight excluding hydrogens is 298 g/mol. The summed E-state index contributed by atoms with van der Waals surface area (Å²) in [6.45, 7) is 2.33. The van der Waals surface area contributed by atoms with E-state index >= 15 is 0 Å². The largest absolute Gasteiger partial charge is 0.384 e. The summed E-state index contributed by atoms with van der Waals surface area (Å²) >= 11 is 0. The standard InChI is InChI=1S/C14H14F2N2O2S/c1-2-17-12-8-3-4-9-13(12)21(19,20)18-14-10(15)6-5-7-11(14)16/h3-9,17-18H,2H2,1H3. The van der Waals surface area contributed by atoms with E-state index in [1.807, 2.05) is 11.6 Å². The molecule has 0 atom stereocenters. The molecule has 7 heteroatoms. The normalized spacial score (nSPS) is 11.2. The van der Waals surface area contributed by atoms with Gasteiger partial charge in [-0.15, -0.1) is 0 Å². The number of halogens is 2. The Morgan fingerprint density at radius 3 is 2.24 bits per heavy atom. The van der Waals surface area contributed by atoms with Crippen LogP contribution in [0.4, 0.5) is 20.2 Å². The van der Waals surface area contributed by atoms with Gasteiger partial charge in [-0.1, -0.05) is 18.2 Å². The van der Waals surface area contributed by atoms with Crippen LogP contribution in [0.5, 0.6) is 0 Å². The molecule has 0 unspecified atom stereocenters. The van der Waals surface area contributed by atoms with Crippen molar-refractivity contribution < 1.29 is 17.2 Å². The van der Waals surface area contributed by atoms with Gasteiger partial charge in [-0.25, -0.2) is 17.2 Å². The second-order valence-corrected chi connectivity index (χ2v) is 5.88. The van der Waals surface area contributed by atoms with E-state index in [2.05, 4.69) is 5.32 Å². The van der Waals surface area contributed by atoms with Crippen LogP contribution in [0.15, 0.2) is 47.4 Å². The first-order chi connectivity index (χ1) is 9.95. The first kappa shape index (κ1) is 15.2. The maximum Gasteiger partial charge on any atom is 0.264 e. The van der Waals surface area contributed by atoms with Crippen LogP contribution < -0.4 is 10.0 Å². The van der Waals surface area contributed by atoms with E-state index in [-0.39, 0.29) is 4.90 Å². The molecule has 0 amide bonds. The molecule has 0 saturated carbocycles. The molecule has 0 aromatic heterocycles. The summed E-state index contributed by atoms with van der Waals surface area (Å²) in [5, 5.41) is 2.89. The zero-order valence-corrected chi connectivity index (χ0v) is 12.0. The molecule has 2 aromatic rings. The molecule has 0 spiro atoms. The maximum absolute atomic E-state index is 13.6. The summed E-state index contributed by atoms with van der Waals surface area (Å²) in [4.78, 5) is -0.0745. The highest BCUT2D eigenvalue weighted by atomic mass is 32.2. The molecule has 112 valence electrons. The molecule has 0 aliphatic carbocycles. The monoisotopic (exact) mass is 312 g/mol. The minimum absolute atomic E-state index is 0.0745. The number of hydrogen-bond donors (Lipinski definition) is 2. The summed E-state index contributed by atoms with van der Waals surface area (Å²) in [6.07, 6.45) is 0. The number of benzene rings is 2. The van der Waals surface area contributed by atoms with E-state index in [1.54, 1.807) is 12.1 Å². The topological polar surface area (TPSA) is 58.2 Å². The summed E-state index contributed by atoms with van der Waals surface area (Å²) in [7, 11) is -4.10. The first-order valence-corrected chi connectivity index (χ1v) is 7.73. The third kappa shape index (κ3) is 3.30. The lowest BCUT2D eigenvalue weighted by atomic mass is 10.3. The molecule has 0 heterocycles. The Morgan fingerprint density at radius 2 is 1.62 bits per heavy atom. The third-order valence-corrected chi connectivity index (χ3v) is 4.15. The van der Waals surface area contributed by atoms with E-state index in [1.165, 1.54) is 12.1 Å². The lowest BCUT2D eigenvalue weighted by molar-refractivity contribution is 0.583. The molecule has 4 nitrogen and oxygen atoms in total. The minimum Gasteiger partial charge on any atom is -0.384 e. The predicted molar refractivity (Wildman–Crippen MR) is 77.8 cm³/mol. The van der Waals surface area contributed by atoms with Gasteiger partial charge in [0.05, 0.1) is 5.69 Å². The van der Waals surface area contributed by atoms with Gasteiger partial charge >= 0.3 is 0 Å². The van der Waals surface area contributed by atoms with Crippen LogP contribution in [0.3, 0.4) is 0 Å². The number of anilines is 2. The van der Waals surface area contributed by atoms with Gasteiger partial charge in [-0.3, -0.25) is 4.72 Å². The van der Waals surface area contributed by atoms with Gasteiger partial charge in [0.15, 0.2) is 0 Å². The number of rotatable bonds is 5. The molecule has 2 aromatic carbocycles. The quantitative estimate of drug-likeness (QED) is 0.891. The molecule has 0 fully saturated rings. The van der Waals surface area contributed by atoms with Crippen molar-refractivity contribution in [2.24, 2.45) is 0 Å². The molecule has 0 bridgehead atoms. The smallest absolute Gasteiger partial charge is 0.264 e. The molecule has 0 aliphatic rings. The maximum atomic E-state index is 13.6. The highest BCUT2D eigenvalue weighted by molar-refractivity contribution is 7.92. The van der Waals surface area contributed by atoms with E-state index in [9.17, 15) is 17.2 Å². The minimum atomic E-state index is -4.10. The number of nitrogens with one attached hydrogen (secondary N) is 2. The number of hydrogen-bond acceptors (Lipinski definition) is 3. The summed E-state index contributed by atoms with van der Waals surface area (Å²) < 4.78 is 53.7. The van der Waals surface area contributed by atoms with E-state index in [0.717, 1.165) is 18.2 Å². The van der Waals surface area contributed by atoms with Crippen LogP contribution in [0.2, 0.25) is 0 Å². The zero-order valence-electron chi connectivity index (χ0n) is 11.2. The summed E-state index contributed by atoms with van der Waals surface area (Å²) in [5.41, 5.74) is -0.326. The van der Waals surface area contributed by atoms with Gasteiger partial charge in [0.25, 0.3) is 10.0 Å². The predicted octanol–water partition coefficient (Wildman–Crippen LogP) is 3.20. The van der Waals surface area contributed by atoms with Crippen molar-refractivity contribution in [1.29, 1.82) is 0 Å². The Balaban J connectivity index is 2.44. The van der Waals surface area contributed by atoms with Crippen LogP contribution in [0.1, 0.15) is 6.92 Å². The molecule has 21 heavy (non-hydrogen) atoms. The fourth-order valence-corrected chi connectivity index (χ4v) is 3.08. The van der Waals surface area contributed by atoms with Gasteiger partial charge in [0.2, 0.25) is 0 Å². The summed E-state index contributed by atoms with van der Waals surface area (Å²) in [6, 6.07) is 9.27. The average Bonchev–Trinajstić information content (AvgIpc) is 2.44. The molecule has 2 rings (SSSR count). The van der Waals surface area contributed by atoms with Crippen molar-refractivity contribution in [3.8, 4) is 0 Å². The van der Waals surface area contributed by atoms with Crippen molar-refractivity contribution in [1.82, 2.24) is 0 Å². The SMILES string of the molecule is CCNc1ccccc1S(=O)(=O)Nc1c(F)cccc1F. The highest BCUT2D eigenvalue weighted by Gasteiger charge is 2.21. The fraction of sp³-hybridized carbons (Fsp3) is 0.143. The van der Waals surface area contributed by atoms with Crippen molar-refractivity contribution in [3.63, 3.8) is 0 Å². The van der Waals surface area contributed by atoms with E-state index in [0.29, 0.717) is 12.2 Å². The molecule has 2 N–H and O–H groups in total. The Morgan fingerprint density at radius 1 is 1.00 bits per heavy atom. The molecular formula is C14H14F2N2O2S. The van der Waals surface area contributed by atoms with Crippen LogP contribution in [-0.2, 0) is 10.0 Å². The van der Waals surface area contributed by atoms with Crippen molar-refractivity contribution in [2.75, 3.05) is 16.6 Å². The highest BCUT2D eigenvalue weighted by Crippen LogP contribution is 2.26. The summed E-state index contributed by atoms with van der Waals surface area (Å²) in [5.74, 6) is -1.95. The van der Waals surface area contributed by atoms with E-state index in [4.69, 9.17) is 0 Å². The van der Waals surface area contributed by atoms with Crippen LogP contribution in [0.25, 0.3) is 0 Å². The molecule has 0 saturated heterocycles. The Labute approximate surface area is 121 Å². The Bertz CT molecular complexity index is 728. The van der Waals surface area contributed by atoms with Crippen LogP contribution in [-0.4, -0.2) is 15.0 Å².